The average Bonchev–Trinajstić information content (AvgIpc) is 3.02. The van der Waals surface area contributed by atoms with Crippen molar-refractivity contribution in [2.45, 2.75) is 33.5 Å². The quantitative estimate of drug-likeness (QED) is 0.850. The summed E-state index contributed by atoms with van der Waals surface area (Å²) in [7, 11) is 0. The molecule has 1 atom stereocenters. The molecule has 3 heterocycles. The van der Waals surface area contributed by atoms with Crippen LogP contribution in [-0.2, 0) is 24.4 Å². The van der Waals surface area contributed by atoms with Crippen LogP contribution in [0.2, 0.25) is 0 Å². The van der Waals surface area contributed by atoms with Crippen molar-refractivity contribution in [2.24, 2.45) is 5.92 Å². The van der Waals surface area contributed by atoms with Crippen LogP contribution >= 0.6 is 11.3 Å². The number of hydrogen-bond acceptors (Lipinski definition) is 5. The summed E-state index contributed by atoms with van der Waals surface area (Å²) in [6.45, 7) is 9.47. The van der Waals surface area contributed by atoms with E-state index < -0.39 is 0 Å². The van der Waals surface area contributed by atoms with Gasteiger partial charge in [0.25, 0.3) is 0 Å². The molecule has 0 aromatic carbocycles. The summed E-state index contributed by atoms with van der Waals surface area (Å²) in [6, 6.07) is 2.11. The van der Waals surface area contributed by atoms with E-state index in [1.54, 1.807) is 11.3 Å². The molecule has 1 aliphatic rings. The van der Waals surface area contributed by atoms with Crippen molar-refractivity contribution in [1.29, 1.82) is 0 Å². The Hall–Kier alpha value is -1.24. The van der Waals surface area contributed by atoms with Crippen molar-refractivity contribution in [2.75, 3.05) is 19.8 Å². The molecular weight excluding hydrogens is 284 g/mol. The third-order valence-corrected chi connectivity index (χ3v) is 4.57. The third kappa shape index (κ3) is 3.70. The summed E-state index contributed by atoms with van der Waals surface area (Å²) >= 11 is 1.72. The molecule has 0 N–H and O–H groups in total. The van der Waals surface area contributed by atoms with Gasteiger partial charge in [0, 0.05) is 50.3 Å². The van der Waals surface area contributed by atoms with Crippen molar-refractivity contribution in [3.8, 4) is 0 Å². The second-order valence-corrected chi connectivity index (χ2v) is 6.62. The summed E-state index contributed by atoms with van der Waals surface area (Å²) in [5.41, 5.74) is 2.45. The molecule has 114 valence electrons. The smallest absolute Gasteiger partial charge is 0.0897 e. The summed E-state index contributed by atoms with van der Waals surface area (Å²) in [4.78, 5) is 7.05. The second kappa shape index (κ2) is 6.68. The van der Waals surface area contributed by atoms with Crippen molar-refractivity contribution in [1.82, 2.24) is 19.7 Å². The van der Waals surface area contributed by atoms with E-state index in [1.165, 1.54) is 11.4 Å². The standard InChI is InChI=1S/C15H22N4OS/c1-3-20-10-13-6-18(8-14-11-21-12(2)17-14)9-15-4-5-16-19(15)7-13/h4-5,11,13H,3,6-10H2,1-2H3. The molecule has 0 radical (unpaired) electrons. The highest BCUT2D eigenvalue weighted by Gasteiger charge is 2.23. The van der Waals surface area contributed by atoms with Crippen LogP contribution in [0.3, 0.4) is 0 Å². The average molecular weight is 306 g/mol. The molecule has 6 heteroatoms. The normalized spacial score (nSPS) is 19.4. The maximum atomic E-state index is 5.64. The fourth-order valence-electron chi connectivity index (χ4n) is 2.84. The molecule has 1 unspecified atom stereocenters. The molecule has 5 nitrogen and oxygen atoms in total. The van der Waals surface area contributed by atoms with E-state index >= 15 is 0 Å². The number of nitrogens with zero attached hydrogens (tertiary/aromatic N) is 4. The molecule has 3 rings (SSSR count). The van der Waals surface area contributed by atoms with Gasteiger partial charge in [0.1, 0.15) is 0 Å². The minimum atomic E-state index is 0.478. The van der Waals surface area contributed by atoms with Gasteiger partial charge in [0.2, 0.25) is 0 Å². The highest BCUT2D eigenvalue weighted by Crippen LogP contribution is 2.19. The zero-order chi connectivity index (χ0) is 14.7. The molecular formula is C15H22N4OS. The van der Waals surface area contributed by atoms with E-state index in [1.807, 2.05) is 13.1 Å². The van der Waals surface area contributed by atoms with Gasteiger partial charge < -0.3 is 4.74 Å². The van der Waals surface area contributed by atoms with Gasteiger partial charge in [-0.1, -0.05) is 0 Å². The summed E-state index contributed by atoms with van der Waals surface area (Å²) in [5, 5.41) is 7.74. The lowest BCUT2D eigenvalue weighted by molar-refractivity contribution is 0.0839. The zero-order valence-electron chi connectivity index (χ0n) is 12.7. The van der Waals surface area contributed by atoms with Crippen LogP contribution < -0.4 is 0 Å². The first-order valence-corrected chi connectivity index (χ1v) is 8.34. The maximum Gasteiger partial charge on any atom is 0.0897 e. The van der Waals surface area contributed by atoms with Crippen LogP contribution in [0.15, 0.2) is 17.6 Å². The molecule has 0 spiro atoms. The van der Waals surface area contributed by atoms with Crippen LogP contribution in [-0.4, -0.2) is 39.4 Å². The van der Waals surface area contributed by atoms with Crippen LogP contribution in [0.25, 0.3) is 0 Å². The SMILES string of the molecule is CCOCC1CN(Cc2csc(C)n2)Cc2ccnn2C1. The van der Waals surface area contributed by atoms with E-state index in [0.29, 0.717) is 5.92 Å². The summed E-state index contributed by atoms with van der Waals surface area (Å²) in [5.74, 6) is 0.478. The largest absolute Gasteiger partial charge is 0.381 e. The van der Waals surface area contributed by atoms with Crippen LogP contribution in [0.5, 0.6) is 0 Å². The van der Waals surface area contributed by atoms with Gasteiger partial charge in [0.15, 0.2) is 0 Å². The van der Waals surface area contributed by atoms with E-state index in [2.05, 4.69) is 38.0 Å². The Kier molecular flexibility index (Phi) is 4.67. The summed E-state index contributed by atoms with van der Waals surface area (Å²) < 4.78 is 7.76. The first-order chi connectivity index (χ1) is 10.2. The number of hydrogen-bond donors (Lipinski definition) is 0. The molecule has 0 saturated carbocycles. The van der Waals surface area contributed by atoms with E-state index in [-0.39, 0.29) is 0 Å². The predicted octanol–water partition coefficient (Wildman–Crippen LogP) is 2.32. The van der Waals surface area contributed by atoms with Crippen molar-refractivity contribution >= 4 is 11.3 Å². The fourth-order valence-corrected chi connectivity index (χ4v) is 3.44. The van der Waals surface area contributed by atoms with Crippen molar-refractivity contribution < 1.29 is 4.74 Å². The number of thiazole rings is 1. The number of aromatic nitrogens is 3. The Bertz CT molecular complexity index is 580. The highest BCUT2D eigenvalue weighted by atomic mass is 32.1. The maximum absolute atomic E-state index is 5.64. The molecule has 0 fully saturated rings. The predicted molar refractivity (Wildman–Crippen MR) is 83.2 cm³/mol. The van der Waals surface area contributed by atoms with Gasteiger partial charge in [-0.3, -0.25) is 9.58 Å². The van der Waals surface area contributed by atoms with E-state index in [4.69, 9.17) is 4.74 Å². The van der Waals surface area contributed by atoms with Gasteiger partial charge in [-0.2, -0.15) is 5.10 Å². The Balaban J connectivity index is 1.73. The van der Waals surface area contributed by atoms with E-state index in [9.17, 15) is 0 Å². The van der Waals surface area contributed by atoms with Gasteiger partial charge in [-0.05, 0) is 19.9 Å². The molecule has 0 aliphatic carbocycles. The highest BCUT2D eigenvalue weighted by molar-refractivity contribution is 7.09. The van der Waals surface area contributed by atoms with Crippen LogP contribution in [0.1, 0.15) is 23.3 Å². The Morgan fingerprint density at radius 3 is 3.10 bits per heavy atom. The van der Waals surface area contributed by atoms with Gasteiger partial charge in [-0.15, -0.1) is 11.3 Å². The molecule has 0 saturated heterocycles. The van der Waals surface area contributed by atoms with Crippen LogP contribution in [0.4, 0.5) is 0 Å². The van der Waals surface area contributed by atoms with Gasteiger partial charge >= 0.3 is 0 Å². The monoisotopic (exact) mass is 306 g/mol. The summed E-state index contributed by atoms with van der Waals surface area (Å²) in [6.07, 6.45) is 1.89. The minimum absolute atomic E-state index is 0.478. The minimum Gasteiger partial charge on any atom is -0.381 e. The van der Waals surface area contributed by atoms with Crippen molar-refractivity contribution in [3.63, 3.8) is 0 Å². The number of fused-ring (bicyclic) bond motifs is 1. The zero-order valence-corrected chi connectivity index (χ0v) is 13.5. The van der Waals surface area contributed by atoms with Gasteiger partial charge in [0.05, 0.1) is 23.0 Å². The first-order valence-electron chi connectivity index (χ1n) is 7.46. The fraction of sp³-hybridized carbons (Fsp3) is 0.600. The molecule has 2 aromatic heterocycles. The topological polar surface area (TPSA) is 43.2 Å². The lowest BCUT2D eigenvalue weighted by Crippen LogP contribution is -2.30. The second-order valence-electron chi connectivity index (χ2n) is 5.56. The third-order valence-electron chi connectivity index (χ3n) is 3.75. The Morgan fingerprint density at radius 2 is 2.33 bits per heavy atom. The number of aryl methyl sites for hydroxylation is 1. The lowest BCUT2D eigenvalue weighted by Gasteiger charge is -2.22. The molecule has 0 bridgehead atoms. The van der Waals surface area contributed by atoms with Gasteiger partial charge in [-0.25, -0.2) is 4.98 Å². The Morgan fingerprint density at radius 1 is 1.43 bits per heavy atom. The molecule has 2 aromatic rings. The van der Waals surface area contributed by atoms with E-state index in [0.717, 1.165) is 44.4 Å². The molecule has 1 aliphatic heterocycles. The number of ether oxygens (including phenoxy) is 1. The molecule has 0 amide bonds. The molecule has 21 heavy (non-hydrogen) atoms. The first kappa shape index (κ1) is 14.7. The number of rotatable bonds is 5. The van der Waals surface area contributed by atoms with Crippen LogP contribution in [0, 0.1) is 12.8 Å². The Labute approximate surface area is 129 Å². The lowest BCUT2D eigenvalue weighted by atomic mass is 10.1. The van der Waals surface area contributed by atoms with Crippen molar-refractivity contribution in [3.05, 3.63) is 34.0 Å².